The van der Waals surface area contributed by atoms with Crippen LogP contribution in [0.25, 0.3) is 32.7 Å². The first kappa shape index (κ1) is 28.4. The fraction of sp³-hybridized carbons (Fsp3) is 0.0870. The third kappa shape index (κ3) is 4.98. The molecule has 0 aliphatic heterocycles. The second-order valence-electron chi connectivity index (χ2n) is 13.2. The van der Waals surface area contributed by atoms with Crippen LogP contribution in [0.15, 0.2) is 182 Å². The van der Waals surface area contributed by atoms with E-state index in [1.807, 2.05) is 0 Å². The van der Waals surface area contributed by atoms with E-state index in [2.05, 4.69) is 199 Å². The lowest BCUT2D eigenvalue weighted by molar-refractivity contribution is 0.817. The molecule has 48 heavy (non-hydrogen) atoms. The number of hydrogen-bond acceptors (Lipinski definition) is 2. The quantitative estimate of drug-likeness (QED) is 0.164. The Labute approximate surface area is 282 Å². The molecule has 0 aromatic heterocycles. The van der Waals surface area contributed by atoms with Crippen molar-refractivity contribution >= 4 is 50.0 Å². The maximum Gasteiger partial charge on any atom is 0.0463 e. The lowest BCUT2D eigenvalue weighted by Gasteiger charge is -2.27. The molecule has 2 unspecified atom stereocenters. The van der Waals surface area contributed by atoms with Gasteiger partial charge in [-0.25, -0.2) is 0 Å². The molecule has 0 spiro atoms. The Hall–Kier alpha value is -5.86. The van der Waals surface area contributed by atoms with E-state index in [0.717, 1.165) is 22.7 Å². The summed E-state index contributed by atoms with van der Waals surface area (Å²) in [4.78, 5) is 4.63. The van der Waals surface area contributed by atoms with Gasteiger partial charge in [0.25, 0.3) is 0 Å². The van der Waals surface area contributed by atoms with E-state index in [1.54, 1.807) is 0 Å². The number of hydrogen-bond donors (Lipinski definition) is 0. The van der Waals surface area contributed by atoms with E-state index in [4.69, 9.17) is 0 Å². The van der Waals surface area contributed by atoms with Gasteiger partial charge in [0.15, 0.2) is 0 Å². The molecule has 9 rings (SSSR count). The molecule has 0 heterocycles. The second kappa shape index (κ2) is 11.4. The van der Waals surface area contributed by atoms with E-state index in [0.29, 0.717) is 5.92 Å². The summed E-state index contributed by atoms with van der Waals surface area (Å²) >= 11 is 0. The lowest BCUT2D eigenvalue weighted by Crippen LogP contribution is -2.13. The van der Waals surface area contributed by atoms with Crippen LogP contribution in [0.5, 0.6) is 0 Å². The molecule has 230 valence electrons. The number of fused-ring (bicyclic) bond motifs is 3. The van der Waals surface area contributed by atoms with Crippen LogP contribution >= 0.6 is 0 Å². The highest BCUT2D eigenvalue weighted by atomic mass is 15.1. The molecule has 2 aliphatic carbocycles. The summed E-state index contributed by atoms with van der Waals surface area (Å²) in [7, 11) is 2.15. The Balaban J connectivity index is 1.05. The zero-order valence-corrected chi connectivity index (χ0v) is 27.0. The third-order valence-electron chi connectivity index (χ3n) is 10.4. The average molecular weight is 617 g/mol. The van der Waals surface area contributed by atoms with Crippen molar-refractivity contribution < 1.29 is 0 Å². The van der Waals surface area contributed by atoms with Crippen LogP contribution in [0.4, 0.5) is 28.4 Å². The first-order valence-corrected chi connectivity index (χ1v) is 16.8. The maximum absolute atomic E-state index is 2.39. The minimum Gasteiger partial charge on any atom is -0.345 e. The molecule has 2 nitrogen and oxygen atoms in total. The predicted molar refractivity (Wildman–Crippen MR) is 204 cm³/mol. The van der Waals surface area contributed by atoms with Crippen molar-refractivity contribution in [3.63, 3.8) is 0 Å². The summed E-state index contributed by atoms with van der Waals surface area (Å²) in [6.07, 6.45) is 10.3. The van der Waals surface area contributed by atoms with Crippen molar-refractivity contribution in [2.45, 2.75) is 11.8 Å². The number of nitrogens with zero attached hydrogens (tertiary/aromatic N) is 2. The Morgan fingerprint density at radius 3 is 1.71 bits per heavy atom. The van der Waals surface area contributed by atoms with Gasteiger partial charge in [-0.15, -0.1) is 0 Å². The lowest BCUT2D eigenvalue weighted by atomic mass is 9.90. The molecule has 0 amide bonds. The Bertz CT molecular complexity index is 2320. The first-order chi connectivity index (χ1) is 23.6. The largest absolute Gasteiger partial charge is 0.345 e. The van der Waals surface area contributed by atoms with Crippen molar-refractivity contribution in [1.82, 2.24) is 0 Å². The van der Waals surface area contributed by atoms with E-state index < -0.39 is 0 Å². The number of rotatable bonds is 7. The molecule has 0 N–H and O–H groups in total. The summed E-state index contributed by atoms with van der Waals surface area (Å²) < 4.78 is 0. The summed E-state index contributed by atoms with van der Waals surface area (Å²) in [5, 5.41) is 5.05. The van der Waals surface area contributed by atoms with Crippen LogP contribution in [-0.4, -0.2) is 7.05 Å². The van der Waals surface area contributed by atoms with Crippen LogP contribution in [0.2, 0.25) is 0 Å². The number of anilines is 5. The molecule has 1 saturated carbocycles. The number of allylic oxidation sites excluding steroid dienone is 4. The van der Waals surface area contributed by atoms with Crippen molar-refractivity contribution in [2.75, 3.05) is 16.8 Å². The first-order valence-electron chi connectivity index (χ1n) is 16.8. The summed E-state index contributed by atoms with van der Waals surface area (Å²) in [5.41, 5.74) is 9.73. The van der Waals surface area contributed by atoms with Crippen LogP contribution in [0, 0.1) is 5.92 Å². The molecular formula is C46H36N2. The van der Waals surface area contributed by atoms with Crippen molar-refractivity contribution in [1.29, 1.82) is 0 Å². The molecule has 7 aromatic carbocycles. The van der Waals surface area contributed by atoms with Crippen molar-refractivity contribution in [3.8, 4) is 11.1 Å². The summed E-state index contributed by atoms with van der Waals surface area (Å²) in [5.74, 6) is 0.626. The molecule has 2 heteroatoms. The van der Waals surface area contributed by atoms with E-state index in [9.17, 15) is 0 Å². The van der Waals surface area contributed by atoms with Gasteiger partial charge in [0.05, 0.1) is 0 Å². The molecule has 7 aromatic rings. The van der Waals surface area contributed by atoms with Crippen LogP contribution in [-0.2, 0) is 5.41 Å². The van der Waals surface area contributed by atoms with Gasteiger partial charge < -0.3 is 9.80 Å². The van der Waals surface area contributed by atoms with Gasteiger partial charge in [-0.3, -0.25) is 0 Å². The molecule has 1 fully saturated rings. The normalized spacial score (nSPS) is 17.7. The highest BCUT2D eigenvalue weighted by Gasteiger charge is 2.52. The summed E-state index contributed by atoms with van der Waals surface area (Å²) in [6, 6.07) is 57.6. The molecule has 0 bridgehead atoms. The van der Waals surface area contributed by atoms with Gasteiger partial charge in [0, 0.05) is 40.9 Å². The van der Waals surface area contributed by atoms with Gasteiger partial charge in [0.1, 0.15) is 0 Å². The zero-order chi connectivity index (χ0) is 32.1. The van der Waals surface area contributed by atoms with E-state index in [1.165, 1.54) is 50.3 Å². The molecule has 0 saturated heterocycles. The number of benzene rings is 7. The predicted octanol–water partition coefficient (Wildman–Crippen LogP) is 12.3. The molecule has 2 atom stereocenters. The van der Waals surface area contributed by atoms with E-state index >= 15 is 0 Å². The topological polar surface area (TPSA) is 6.48 Å². The minimum absolute atomic E-state index is 0.178. The molecule has 0 radical (unpaired) electrons. The van der Waals surface area contributed by atoms with Crippen LogP contribution in [0.1, 0.15) is 12.0 Å². The highest BCUT2D eigenvalue weighted by molar-refractivity contribution is 5.99. The van der Waals surface area contributed by atoms with Crippen molar-refractivity contribution in [3.05, 3.63) is 188 Å². The Morgan fingerprint density at radius 2 is 1.02 bits per heavy atom. The summed E-state index contributed by atoms with van der Waals surface area (Å²) in [6.45, 7) is 0. The Morgan fingerprint density at radius 1 is 0.479 bits per heavy atom. The maximum atomic E-state index is 2.39. The molecule has 2 aliphatic rings. The highest BCUT2D eigenvalue weighted by Crippen LogP contribution is 2.58. The smallest absolute Gasteiger partial charge is 0.0463 e. The van der Waals surface area contributed by atoms with Gasteiger partial charge >= 0.3 is 0 Å². The average Bonchev–Trinajstić information content (AvgIpc) is 3.91. The van der Waals surface area contributed by atoms with Gasteiger partial charge in [-0.1, -0.05) is 109 Å². The van der Waals surface area contributed by atoms with Crippen LogP contribution in [0.3, 0.4) is 0 Å². The second-order valence-corrected chi connectivity index (χ2v) is 13.2. The fourth-order valence-electron chi connectivity index (χ4n) is 7.50. The van der Waals surface area contributed by atoms with Gasteiger partial charge in [-0.05, 0) is 123 Å². The van der Waals surface area contributed by atoms with Gasteiger partial charge in [-0.2, -0.15) is 0 Å². The Kier molecular flexibility index (Phi) is 6.76. The zero-order valence-electron chi connectivity index (χ0n) is 27.0. The van der Waals surface area contributed by atoms with Gasteiger partial charge in [0.2, 0.25) is 0 Å². The molecular weight excluding hydrogens is 581 g/mol. The third-order valence-corrected chi connectivity index (χ3v) is 10.4. The SMILES string of the molecule is CN(c1ccc(N(c2ccc(-c3ccccc3)cc2)c2ccc(C34C=CC=CC3C4)cc2)cc1)c1ccc2cc3ccccc3cc2c1. The minimum atomic E-state index is 0.178. The van der Waals surface area contributed by atoms with Crippen LogP contribution < -0.4 is 9.80 Å². The van der Waals surface area contributed by atoms with Crippen molar-refractivity contribution in [2.24, 2.45) is 5.92 Å². The van der Waals surface area contributed by atoms with E-state index in [-0.39, 0.29) is 5.41 Å². The monoisotopic (exact) mass is 616 g/mol. The standard InChI is InChI=1S/C46H36N2/c1-47(45-21-16-37-29-35-11-5-6-12-36(35)30-38(37)31-45)41-24-26-44(27-25-41)48(42-19-14-34(15-20-42)33-9-3-2-4-10-33)43-22-17-39(18-23-43)46-28-8-7-13-40(46)32-46/h2-31,40H,32H2,1H3. The fourth-order valence-corrected chi connectivity index (χ4v) is 7.50.